The summed E-state index contributed by atoms with van der Waals surface area (Å²) in [6.45, 7) is 3.79. The van der Waals surface area contributed by atoms with Gasteiger partial charge in [-0.15, -0.1) is 11.8 Å². The van der Waals surface area contributed by atoms with Crippen molar-refractivity contribution in [3.8, 4) is 11.5 Å². The molecule has 0 aliphatic carbocycles. The molecule has 1 aromatic heterocycles. The minimum atomic E-state index is -1.08. The molecule has 100 valence electrons. The van der Waals surface area contributed by atoms with E-state index in [0.717, 1.165) is 10.5 Å². The molecule has 1 heterocycles. The second-order valence-electron chi connectivity index (χ2n) is 4.39. The van der Waals surface area contributed by atoms with Crippen molar-refractivity contribution < 1.29 is 14.3 Å². The zero-order valence-electron chi connectivity index (χ0n) is 11.0. The van der Waals surface area contributed by atoms with E-state index in [0.29, 0.717) is 11.6 Å². The molecule has 19 heavy (non-hydrogen) atoms. The van der Waals surface area contributed by atoms with Crippen LogP contribution in [0.1, 0.15) is 36.0 Å². The van der Waals surface area contributed by atoms with Crippen molar-refractivity contribution in [2.24, 2.45) is 0 Å². The Labute approximate surface area is 115 Å². The minimum Gasteiger partial charge on any atom is -0.475 e. The SMILES string of the molecule is CSc1ccccc1-c1nc(C(C)C)c(C(=O)O)o1. The third kappa shape index (κ3) is 2.66. The molecular weight excluding hydrogens is 262 g/mol. The highest BCUT2D eigenvalue weighted by molar-refractivity contribution is 7.98. The molecule has 0 fully saturated rings. The van der Waals surface area contributed by atoms with Gasteiger partial charge in [-0.3, -0.25) is 0 Å². The maximum absolute atomic E-state index is 11.2. The Morgan fingerprint density at radius 3 is 2.58 bits per heavy atom. The van der Waals surface area contributed by atoms with Gasteiger partial charge in [-0.2, -0.15) is 0 Å². The molecule has 0 spiro atoms. The Morgan fingerprint density at radius 1 is 1.37 bits per heavy atom. The summed E-state index contributed by atoms with van der Waals surface area (Å²) in [7, 11) is 0. The van der Waals surface area contributed by atoms with Gasteiger partial charge in [0.1, 0.15) is 0 Å². The smallest absolute Gasteiger partial charge is 0.373 e. The molecule has 4 nitrogen and oxygen atoms in total. The molecule has 5 heteroatoms. The molecule has 0 saturated heterocycles. The Morgan fingerprint density at radius 2 is 2.05 bits per heavy atom. The zero-order chi connectivity index (χ0) is 14.0. The first-order valence-corrected chi connectivity index (χ1v) is 7.14. The van der Waals surface area contributed by atoms with Crippen molar-refractivity contribution in [1.29, 1.82) is 0 Å². The predicted octanol–water partition coefficient (Wildman–Crippen LogP) is 3.89. The Bertz CT molecular complexity index is 604. The van der Waals surface area contributed by atoms with E-state index in [1.54, 1.807) is 11.8 Å². The molecular formula is C14H15NO3S. The van der Waals surface area contributed by atoms with Crippen molar-refractivity contribution in [1.82, 2.24) is 4.98 Å². The molecule has 0 radical (unpaired) electrons. The van der Waals surface area contributed by atoms with Crippen LogP contribution in [0, 0.1) is 0 Å². The zero-order valence-corrected chi connectivity index (χ0v) is 11.8. The number of carbonyl (C=O) groups is 1. The number of carboxylic acids is 1. The van der Waals surface area contributed by atoms with Gasteiger partial charge in [0.15, 0.2) is 0 Å². The van der Waals surface area contributed by atoms with Crippen LogP contribution < -0.4 is 0 Å². The highest BCUT2D eigenvalue weighted by atomic mass is 32.2. The summed E-state index contributed by atoms with van der Waals surface area (Å²) >= 11 is 1.57. The molecule has 0 unspecified atom stereocenters. The number of hydrogen-bond donors (Lipinski definition) is 1. The first kappa shape index (κ1) is 13.7. The summed E-state index contributed by atoms with van der Waals surface area (Å²) < 4.78 is 5.44. The summed E-state index contributed by atoms with van der Waals surface area (Å²) in [6.07, 6.45) is 1.96. The fourth-order valence-corrected chi connectivity index (χ4v) is 2.40. The van der Waals surface area contributed by atoms with E-state index in [1.165, 1.54) is 0 Å². The molecule has 0 amide bonds. The number of aromatic nitrogens is 1. The van der Waals surface area contributed by atoms with Gasteiger partial charge in [-0.05, 0) is 24.3 Å². The number of benzene rings is 1. The first-order chi connectivity index (χ1) is 9.04. The third-order valence-corrected chi connectivity index (χ3v) is 3.53. The standard InChI is InChI=1S/C14H15NO3S/c1-8(2)11-12(14(16)17)18-13(15-11)9-6-4-5-7-10(9)19-3/h4-8H,1-3H3,(H,16,17). The van der Waals surface area contributed by atoms with Gasteiger partial charge >= 0.3 is 5.97 Å². The average molecular weight is 277 g/mol. The molecule has 0 bridgehead atoms. The lowest BCUT2D eigenvalue weighted by molar-refractivity contribution is 0.0661. The Hall–Kier alpha value is -1.75. The number of rotatable bonds is 4. The van der Waals surface area contributed by atoms with Crippen molar-refractivity contribution in [2.45, 2.75) is 24.7 Å². The van der Waals surface area contributed by atoms with Crippen LogP contribution in [0.3, 0.4) is 0 Å². The van der Waals surface area contributed by atoms with E-state index >= 15 is 0 Å². The van der Waals surface area contributed by atoms with Crippen LogP contribution in [0.25, 0.3) is 11.5 Å². The maximum atomic E-state index is 11.2. The number of aromatic carboxylic acids is 1. The molecule has 0 aliphatic rings. The van der Waals surface area contributed by atoms with Gasteiger partial charge in [0.2, 0.25) is 11.7 Å². The van der Waals surface area contributed by atoms with Gasteiger partial charge in [-0.1, -0.05) is 26.0 Å². The van der Waals surface area contributed by atoms with Crippen molar-refractivity contribution >= 4 is 17.7 Å². The van der Waals surface area contributed by atoms with Crippen LogP contribution in [0.4, 0.5) is 0 Å². The number of thioether (sulfide) groups is 1. The van der Waals surface area contributed by atoms with Crippen LogP contribution in [-0.4, -0.2) is 22.3 Å². The Balaban J connectivity index is 2.57. The largest absolute Gasteiger partial charge is 0.475 e. The fraction of sp³-hybridized carbons (Fsp3) is 0.286. The van der Waals surface area contributed by atoms with Crippen LogP contribution in [0.5, 0.6) is 0 Å². The van der Waals surface area contributed by atoms with Gasteiger partial charge in [-0.25, -0.2) is 9.78 Å². The second-order valence-corrected chi connectivity index (χ2v) is 5.24. The average Bonchev–Trinajstić information content (AvgIpc) is 2.84. The van der Waals surface area contributed by atoms with Crippen molar-refractivity contribution in [3.05, 3.63) is 35.7 Å². The van der Waals surface area contributed by atoms with E-state index in [2.05, 4.69) is 4.98 Å². The van der Waals surface area contributed by atoms with Gasteiger partial charge in [0.05, 0.1) is 11.3 Å². The first-order valence-electron chi connectivity index (χ1n) is 5.92. The molecule has 2 rings (SSSR count). The van der Waals surface area contributed by atoms with E-state index < -0.39 is 5.97 Å². The minimum absolute atomic E-state index is 0.00467. The van der Waals surface area contributed by atoms with Crippen LogP contribution >= 0.6 is 11.8 Å². The van der Waals surface area contributed by atoms with Gasteiger partial charge in [0.25, 0.3) is 0 Å². The van der Waals surface area contributed by atoms with Crippen molar-refractivity contribution in [2.75, 3.05) is 6.26 Å². The number of nitrogens with zero attached hydrogens (tertiary/aromatic N) is 1. The summed E-state index contributed by atoms with van der Waals surface area (Å²) in [5.74, 6) is -0.777. The summed E-state index contributed by atoms with van der Waals surface area (Å²) in [5.41, 5.74) is 1.31. The third-order valence-electron chi connectivity index (χ3n) is 2.73. The van der Waals surface area contributed by atoms with E-state index in [4.69, 9.17) is 9.52 Å². The summed E-state index contributed by atoms with van der Waals surface area (Å²) in [6, 6.07) is 7.65. The lowest BCUT2D eigenvalue weighted by Gasteiger charge is -2.02. The number of carboxylic acid groups (broad SMARTS) is 1. The topological polar surface area (TPSA) is 63.3 Å². The quantitative estimate of drug-likeness (QED) is 0.859. The van der Waals surface area contributed by atoms with E-state index in [-0.39, 0.29) is 11.7 Å². The molecule has 1 aromatic carbocycles. The van der Waals surface area contributed by atoms with E-state index in [1.807, 2.05) is 44.4 Å². The monoisotopic (exact) mass is 277 g/mol. The highest BCUT2D eigenvalue weighted by Crippen LogP contribution is 2.32. The van der Waals surface area contributed by atoms with Crippen LogP contribution in [-0.2, 0) is 0 Å². The molecule has 1 N–H and O–H groups in total. The fourth-order valence-electron chi connectivity index (χ4n) is 1.81. The Kier molecular flexibility index (Phi) is 3.95. The maximum Gasteiger partial charge on any atom is 0.373 e. The number of hydrogen-bond acceptors (Lipinski definition) is 4. The van der Waals surface area contributed by atoms with Crippen LogP contribution in [0.15, 0.2) is 33.6 Å². The molecule has 0 aliphatic heterocycles. The second kappa shape index (κ2) is 5.48. The van der Waals surface area contributed by atoms with E-state index in [9.17, 15) is 4.79 Å². The summed E-state index contributed by atoms with van der Waals surface area (Å²) in [4.78, 5) is 16.5. The molecule has 0 atom stereocenters. The normalized spacial score (nSPS) is 10.9. The van der Waals surface area contributed by atoms with Crippen molar-refractivity contribution in [3.63, 3.8) is 0 Å². The molecule has 0 saturated carbocycles. The van der Waals surface area contributed by atoms with Crippen LogP contribution in [0.2, 0.25) is 0 Å². The van der Waals surface area contributed by atoms with Gasteiger partial charge < -0.3 is 9.52 Å². The highest BCUT2D eigenvalue weighted by Gasteiger charge is 2.23. The summed E-state index contributed by atoms with van der Waals surface area (Å²) in [5, 5.41) is 9.16. The predicted molar refractivity (Wildman–Crippen MR) is 74.8 cm³/mol. The van der Waals surface area contributed by atoms with Gasteiger partial charge in [0, 0.05) is 4.90 Å². The molecule has 2 aromatic rings. The number of oxazole rings is 1. The lowest BCUT2D eigenvalue weighted by Crippen LogP contribution is -2.01. The lowest BCUT2D eigenvalue weighted by atomic mass is 10.1.